The van der Waals surface area contributed by atoms with Crippen molar-refractivity contribution in [2.45, 2.75) is 64.1 Å². The lowest BCUT2D eigenvalue weighted by Crippen LogP contribution is -2.32. The Morgan fingerprint density at radius 1 is 1.11 bits per heavy atom. The van der Waals surface area contributed by atoms with E-state index in [0.717, 1.165) is 25.3 Å². The van der Waals surface area contributed by atoms with Crippen LogP contribution in [0.15, 0.2) is 42.5 Å². The Balaban J connectivity index is 1.50. The van der Waals surface area contributed by atoms with Crippen molar-refractivity contribution in [1.82, 2.24) is 30.3 Å². The maximum Gasteiger partial charge on any atom is 0.427 e. The summed E-state index contributed by atoms with van der Waals surface area (Å²) in [5, 5.41) is 6.04. The van der Waals surface area contributed by atoms with Gasteiger partial charge in [-0.2, -0.15) is 18.2 Å². The first-order chi connectivity index (χ1) is 21.4. The van der Waals surface area contributed by atoms with Crippen LogP contribution in [-0.2, 0) is 17.6 Å². The molecule has 1 saturated carbocycles. The average Bonchev–Trinajstić information content (AvgIpc) is 3.54. The van der Waals surface area contributed by atoms with Gasteiger partial charge in [0.2, 0.25) is 5.95 Å². The van der Waals surface area contributed by atoms with Crippen molar-refractivity contribution in [2.75, 3.05) is 17.3 Å². The number of nitrogens with one attached hydrogen (secondary N) is 3. The Labute approximate surface area is 255 Å². The summed E-state index contributed by atoms with van der Waals surface area (Å²) in [6.07, 6.45) is -3.24. The second-order valence-electron chi connectivity index (χ2n) is 11.5. The van der Waals surface area contributed by atoms with Crippen molar-refractivity contribution < 1.29 is 31.6 Å². The number of hydrogen-bond acceptors (Lipinski definition) is 8. The molecule has 45 heavy (non-hydrogen) atoms. The summed E-state index contributed by atoms with van der Waals surface area (Å²) in [6, 6.07) is 8.45. The topological polar surface area (TPSA) is 109 Å². The van der Waals surface area contributed by atoms with Crippen LogP contribution in [0, 0.1) is 17.6 Å². The van der Waals surface area contributed by atoms with Crippen molar-refractivity contribution >= 4 is 29.0 Å². The molecule has 238 valence electrons. The number of alkyl halides is 3. The van der Waals surface area contributed by atoms with Crippen LogP contribution in [0.2, 0.25) is 0 Å². The van der Waals surface area contributed by atoms with E-state index in [-0.39, 0.29) is 29.6 Å². The summed E-state index contributed by atoms with van der Waals surface area (Å²) in [5.74, 6) is -0.563. The van der Waals surface area contributed by atoms with Gasteiger partial charge in [-0.1, -0.05) is 24.6 Å². The van der Waals surface area contributed by atoms with Crippen molar-refractivity contribution in [1.29, 1.82) is 0 Å². The molecule has 3 atom stereocenters. The van der Waals surface area contributed by atoms with E-state index in [2.05, 4.69) is 21.1 Å². The first-order valence-electron chi connectivity index (χ1n) is 14.5. The molecule has 4 aromatic rings. The van der Waals surface area contributed by atoms with Crippen molar-refractivity contribution in [3.8, 4) is 0 Å². The number of fused-ring (bicyclic) bond motifs is 1. The number of nitrogens with zero attached hydrogens (tertiary/aromatic N) is 5. The largest absolute Gasteiger partial charge is 0.427 e. The van der Waals surface area contributed by atoms with Crippen LogP contribution < -0.4 is 21.0 Å². The van der Waals surface area contributed by atoms with Crippen LogP contribution in [0.1, 0.15) is 67.8 Å². The highest BCUT2D eigenvalue weighted by Gasteiger charge is 2.35. The van der Waals surface area contributed by atoms with E-state index in [1.165, 1.54) is 18.2 Å². The third-order valence-electron chi connectivity index (χ3n) is 8.52. The fourth-order valence-electron chi connectivity index (χ4n) is 5.60. The lowest BCUT2D eigenvalue weighted by molar-refractivity contribution is -0.140. The van der Waals surface area contributed by atoms with Gasteiger partial charge in [-0.15, -0.1) is 5.48 Å². The van der Waals surface area contributed by atoms with Gasteiger partial charge in [0.1, 0.15) is 17.2 Å². The number of anilines is 2. The van der Waals surface area contributed by atoms with Gasteiger partial charge in [0.25, 0.3) is 0 Å². The van der Waals surface area contributed by atoms with Crippen LogP contribution >= 0.6 is 0 Å². The zero-order chi connectivity index (χ0) is 32.0. The number of benzene rings is 2. The first kappa shape index (κ1) is 30.5. The Kier molecular flexibility index (Phi) is 7.97. The second-order valence-corrected chi connectivity index (χ2v) is 11.5. The SMILES string of the molecule is CC(c1cccc(F)c1)N(C)c1nc2nc(C3NOC(=O)N3)nc(N[C@H](C)C3CCC3)c2n1Cc1ccc(C(F)(F)F)c(F)c1. The van der Waals surface area contributed by atoms with E-state index in [9.17, 15) is 26.7 Å². The van der Waals surface area contributed by atoms with E-state index < -0.39 is 41.7 Å². The second kappa shape index (κ2) is 11.8. The fraction of sp³-hybridized carbons (Fsp3) is 0.400. The number of carbonyl (C=O) groups is 1. The van der Waals surface area contributed by atoms with Gasteiger partial charge in [-0.05, 0) is 68.0 Å². The van der Waals surface area contributed by atoms with Gasteiger partial charge >= 0.3 is 12.3 Å². The van der Waals surface area contributed by atoms with Crippen LogP contribution in [0.5, 0.6) is 0 Å². The minimum atomic E-state index is -4.84. The zero-order valence-electron chi connectivity index (χ0n) is 24.6. The summed E-state index contributed by atoms with van der Waals surface area (Å²) >= 11 is 0. The van der Waals surface area contributed by atoms with E-state index in [0.29, 0.717) is 34.8 Å². The summed E-state index contributed by atoms with van der Waals surface area (Å²) in [6.45, 7) is 3.79. The van der Waals surface area contributed by atoms with Crippen molar-refractivity contribution in [3.63, 3.8) is 0 Å². The van der Waals surface area contributed by atoms with E-state index in [1.807, 2.05) is 13.8 Å². The Morgan fingerprint density at radius 3 is 2.51 bits per heavy atom. The van der Waals surface area contributed by atoms with E-state index >= 15 is 0 Å². The number of hydrogen-bond donors (Lipinski definition) is 3. The molecule has 0 bridgehead atoms. The Bertz CT molecular complexity index is 1740. The van der Waals surface area contributed by atoms with Crippen molar-refractivity contribution in [3.05, 3.63) is 76.6 Å². The number of rotatable bonds is 9. The van der Waals surface area contributed by atoms with Crippen LogP contribution in [-0.4, -0.2) is 38.7 Å². The van der Waals surface area contributed by atoms with Crippen molar-refractivity contribution in [2.24, 2.45) is 5.92 Å². The minimum Gasteiger partial charge on any atom is -0.365 e. The summed E-state index contributed by atoms with van der Waals surface area (Å²) in [4.78, 5) is 32.5. The normalized spacial score (nSPS) is 18.3. The molecule has 6 rings (SSSR count). The number of halogens is 5. The molecule has 15 heteroatoms. The highest BCUT2D eigenvalue weighted by molar-refractivity contribution is 5.86. The molecule has 3 heterocycles. The first-order valence-corrected chi connectivity index (χ1v) is 14.5. The van der Waals surface area contributed by atoms with Gasteiger partial charge < -0.3 is 19.6 Å². The summed E-state index contributed by atoms with van der Waals surface area (Å²) in [5.41, 5.74) is 2.70. The highest BCUT2D eigenvalue weighted by Crippen LogP contribution is 2.36. The molecule has 10 nitrogen and oxygen atoms in total. The standard InChI is InChI=1S/C30H31F5N8O2/c1-15(18-6-4-7-18)36-24-23-25(38-26(37-24)27-40-29(44)45-41-27)39-28(42(3)16(2)19-8-5-9-20(31)13-19)43(23)14-17-10-11-21(22(32)12-17)30(33,34)35/h5,8-13,15-16,18,27,41H,4,6-7,14H2,1-3H3,(H,40,44)(H,36,37,38)/t15-,16?,27?/m1/s1. The van der Waals surface area contributed by atoms with E-state index in [4.69, 9.17) is 14.8 Å². The Hall–Kier alpha value is -4.53. The minimum absolute atomic E-state index is 0.00802. The molecule has 1 amide bonds. The molecule has 3 N–H and O–H groups in total. The molecule has 1 aliphatic carbocycles. The molecule has 2 aromatic carbocycles. The third kappa shape index (κ3) is 6.08. The average molecular weight is 631 g/mol. The number of carbonyl (C=O) groups excluding carboxylic acids is 1. The molecule has 0 spiro atoms. The maximum absolute atomic E-state index is 14.7. The molecule has 2 aromatic heterocycles. The lowest BCUT2D eigenvalue weighted by Gasteiger charge is -2.32. The third-order valence-corrected chi connectivity index (χ3v) is 8.52. The number of aromatic nitrogens is 4. The van der Waals surface area contributed by atoms with Gasteiger partial charge in [-0.25, -0.2) is 23.5 Å². The molecule has 2 fully saturated rings. The molecular formula is C30H31F5N8O2. The smallest absolute Gasteiger partial charge is 0.365 e. The molecule has 0 radical (unpaired) electrons. The molecule has 2 unspecified atom stereocenters. The van der Waals surface area contributed by atoms with Crippen LogP contribution in [0.3, 0.4) is 0 Å². The Morgan fingerprint density at radius 2 is 1.89 bits per heavy atom. The van der Waals surface area contributed by atoms with Gasteiger partial charge in [0.05, 0.1) is 18.2 Å². The monoisotopic (exact) mass is 630 g/mol. The predicted octanol–water partition coefficient (Wildman–Crippen LogP) is 6.21. The predicted molar refractivity (Wildman–Crippen MR) is 155 cm³/mol. The van der Waals surface area contributed by atoms with Gasteiger partial charge in [-0.3, -0.25) is 5.32 Å². The summed E-state index contributed by atoms with van der Waals surface area (Å²) in [7, 11) is 1.74. The lowest BCUT2D eigenvalue weighted by atomic mass is 9.80. The molecule has 1 aliphatic heterocycles. The highest BCUT2D eigenvalue weighted by atomic mass is 19.4. The van der Waals surface area contributed by atoms with Gasteiger partial charge in [0.15, 0.2) is 23.5 Å². The number of amides is 1. The van der Waals surface area contributed by atoms with Gasteiger partial charge in [0, 0.05) is 13.1 Å². The quantitative estimate of drug-likeness (QED) is 0.187. The maximum atomic E-state index is 14.7. The van der Waals surface area contributed by atoms with E-state index in [1.54, 1.807) is 28.6 Å². The number of imidazole rings is 1. The molecule has 2 aliphatic rings. The molecular weight excluding hydrogens is 599 g/mol. The summed E-state index contributed by atoms with van der Waals surface area (Å²) < 4.78 is 70.5. The zero-order valence-corrected chi connectivity index (χ0v) is 24.6. The van der Waals surface area contributed by atoms with Crippen LogP contribution in [0.4, 0.5) is 38.5 Å². The fourth-order valence-corrected chi connectivity index (χ4v) is 5.60. The van der Waals surface area contributed by atoms with Crippen LogP contribution in [0.25, 0.3) is 11.2 Å². The molecule has 1 saturated heterocycles. The number of hydroxylamine groups is 1.